The van der Waals surface area contributed by atoms with E-state index in [9.17, 15) is 4.79 Å². The summed E-state index contributed by atoms with van der Waals surface area (Å²) in [6.45, 7) is 4.20. The summed E-state index contributed by atoms with van der Waals surface area (Å²) < 4.78 is 4.68. The molecule has 2 unspecified atom stereocenters. The lowest BCUT2D eigenvalue weighted by Gasteiger charge is -2.29. The number of hydrogen-bond donors (Lipinski definition) is 0. The molecule has 16 heavy (non-hydrogen) atoms. The van der Waals surface area contributed by atoms with E-state index in [1.807, 2.05) is 14.0 Å². The third-order valence-corrected chi connectivity index (χ3v) is 3.99. The molecule has 4 heteroatoms. The van der Waals surface area contributed by atoms with E-state index in [1.165, 1.54) is 12.0 Å². The maximum atomic E-state index is 11.2. The standard InChI is InChI=1S/C12H19NO2S/c1-9(8-12(14)15-4)13(3)10(2)11-6-5-7-16-11/h5-7,9-10H,8H2,1-4H3. The van der Waals surface area contributed by atoms with Crippen LogP contribution in [0.5, 0.6) is 0 Å². The molecule has 0 aliphatic rings. The van der Waals surface area contributed by atoms with Gasteiger partial charge in [0.15, 0.2) is 0 Å². The van der Waals surface area contributed by atoms with Crippen molar-refractivity contribution in [3.63, 3.8) is 0 Å². The Morgan fingerprint density at radius 2 is 2.25 bits per heavy atom. The van der Waals surface area contributed by atoms with Crippen molar-refractivity contribution in [3.05, 3.63) is 22.4 Å². The van der Waals surface area contributed by atoms with Crippen molar-refractivity contribution in [2.24, 2.45) is 0 Å². The van der Waals surface area contributed by atoms with Crippen LogP contribution in [0.15, 0.2) is 17.5 Å². The van der Waals surface area contributed by atoms with Gasteiger partial charge in [0.05, 0.1) is 13.5 Å². The second-order valence-electron chi connectivity index (χ2n) is 3.99. The van der Waals surface area contributed by atoms with Crippen LogP contribution in [-0.2, 0) is 9.53 Å². The van der Waals surface area contributed by atoms with Gasteiger partial charge >= 0.3 is 5.97 Å². The molecule has 3 nitrogen and oxygen atoms in total. The molecule has 0 saturated heterocycles. The summed E-state index contributed by atoms with van der Waals surface area (Å²) in [4.78, 5) is 14.7. The molecule has 1 aromatic rings. The molecule has 0 bridgehead atoms. The Balaban J connectivity index is 2.56. The van der Waals surface area contributed by atoms with Crippen LogP contribution in [0.2, 0.25) is 0 Å². The fourth-order valence-corrected chi connectivity index (χ4v) is 2.41. The second kappa shape index (κ2) is 6.01. The minimum Gasteiger partial charge on any atom is -0.469 e. The quantitative estimate of drug-likeness (QED) is 0.742. The highest BCUT2D eigenvalue weighted by molar-refractivity contribution is 7.10. The van der Waals surface area contributed by atoms with E-state index in [2.05, 4.69) is 34.1 Å². The Kier molecular flexibility index (Phi) is 4.96. The van der Waals surface area contributed by atoms with Crippen LogP contribution in [0.25, 0.3) is 0 Å². The van der Waals surface area contributed by atoms with Crippen LogP contribution in [0.4, 0.5) is 0 Å². The SMILES string of the molecule is COC(=O)CC(C)N(C)C(C)c1cccs1. The molecule has 2 atom stereocenters. The highest BCUT2D eigenvalue weighted by atomic mass is 32.1. The van der Waals surface area contributed by atoms with Crippen molar-refractivity contribution < 1.29 is 9.53 Å². The Labute approximate surface area is 101 Å². The summed E-state index contributed by atoms with van der Waals surface area (Å²) in [7, 11) is 3.47. The third-order valence-electron chi connectivity index (χ3n) is 2.95. The number of nitrogens with zero attached hydrogens (tertiary/aromatic N) is 1. The van der Waals surface area contributed by atoms with Gasteiger partial charge in [0.2, 0.25) is 0 Å². The first-order valence-electron chi connectivity index (χ1n) is 5.38. The van der Waals surface area contributed by atoms with Gasteiger partial charge in [-0.05, 0) is 32.3 Å². The molecule has 0 amide bonds. The summed E-state index contributed by atoms with van der Waals surface area (Å²) in [6.07, 6.45) is 0.433. The molecule has 0 aliphatic heterocycles. The van der Waals surface area contributed by atoms with Gasteiger partial charge in [0.25, 0.3) is 0 Å². The Hall–Kier alpha value is -0.870. The number of esters is 1. The molecule has 0 aliphatic carbocycles. The molecular formula is C12H19NO2S. The number of ether oxygens (including phenoxy) is 1. The van der Waals surface area contributed by atoms with Gasteiger partial charge in [-0.3, -0.25) is 9.69 Å². The maximum absolute atomic E-state index is 11.2. The molecule has 0 spiro atoms. The van der Waals surface area contributed by atoms with Crippen LogP contribution in [-0.4, -0.2) is 31.1 Å². The molecule has 1 rings (SSSR count). The summed E-state index contributed by atoms with van der Waals surface area (Å²) in [5.74, 6) is -0.155. The van der Waals surface area contributed by atoms with Crippen LogP contribution in [0, 0.1) is 0 Å². The van der Waals surface area contributed by atoms with Gasteiger partial charge in [0, 0.05) is 17.0 Å². The fraction of sp³-hybridized carbons (Fsp3) is 0.583. The fourth-order valence-electron chi connectivity index (χ4n) is 1.58. The molecule has 0 saturated carbocycles. The van der Waals surface area contributed by atoms with Gasteiger partial charge < -0.3 is 4.74 Å². The lowest BCUT2D eigenvalue weighted by atomic mass is 10.1. The van der Waals surface area contributed by atoms with E-state index in [4.69, 9.17) is 0 Å². The third kappa shape index (κ3) is 3.32. The summed E-state index contributed by atoms with van der Waals surface area (Å²) in [5.41, 5.74) is 0. The van der Waals surface area contributed by atoms with E-state index < -0.39 is 0 Å². The summed E-state index contributed by atoms with van der Waals surface area (Å²) in [6, 6.07) is 4.69. The first-order valence-corrected chi connectivity index (χ1v) is 6.26. The van der Waals surface area contributed by atoms with Crippen molar-refractivity contribution in [2.45, 2.75) is 32.4 Å². The minimum atomic E-state index is -0.155. The molecule has 90 valence electrons. The van der Waals surface area contributed by atoms with Crippen LogP contribution >= 0.6 is 11.3 Å². The lowest BCUT2D eigenvalue weighted by molar-refractivity contribution is -0.141. The highest BCUT2D eigenvalue weighted by Gasteiger charge is 2.20. The topological polar surface area (TPSA) is 29.5 Å². The average molecular weight is 241 g/mol. The molecule has 0 aromatic carbocycles. The largest absolute Gasteiger partial charge is 0.469 e. The zero-order valence-corrected chi connectivity index (χ0v) is 11.1. The van der Waals surface area contributed by atoms with Crippen molar-refractivity contribution in [1.82, 2.24) is 4.90 Å². The average Bonchev–Trinajstić information content (AvgIpc) is 2.80. The number of rotatable bonds is 5. The zero-order valence-electron chi connectivity index (χ0n) is 10.3. The number of hydrogen-bond acceptors (Lipinski definition) is 4. The van der Waals surface area contributed by atoms with Gasteiger partial charge in [-0.15, -0.1) is 11.3 Å². The Bertz CT molecular complexity index is 324. The first kappa shape index (κ1) is 13.2. The normalized spacial score (nSPS) is 14.8. The van der Waals surface area contributed by atoms with E-state index in [0.717, 1.165) is 0 Å². The van der Waals surface area contributed by atoms with E-state index in [0.29, 0.717) is 12.5 Å². The smallest absolute Gasteiger partial charge is 0.307 e. The minimum absolute atomic E-state index is 0.155. The van der Waals surface area contributed by atoms with Gasteiger partial charge in [-0.1, -0.05) is 6.07 Å². The monoisotopic (exact) mass is 241 g/mol. The van der Waals surface area contributed by atoms with E-state index >= 15 is 0 Å². The van der Waals surface area contributed by atoms with E-state index in [-0.39, 0.29) is 12.0 Å². The number of methoxy groups -OCH3 is 1. The van der Waals surface area contributed by atoms with Gasteiger partial charge in [0.1, 0.15) is 0 Å². The molecule has 0 fully saturated rings. The zero-order chi connectivity index (χ0) is 12.1. The van der Waals surface area contributed by atoms with E-state index in [1.54, 1.807) is 11.3 Å². The number of thiophene rings is 1. The molecular weight excluding hydrogens is 222 g/mol. The first-order chi connectivity index (χ1) is 7.56. The maximum Gasteiger partial charge on any atom is 0.307 e. The number of carbonyl (C=O) groups is 1. The van der Waals surface area contributed by atoms with Gasteiger partial charge in [-0.25, -0.2) is 0 Å². The van der Waals surface area contributed by atoms with Crippen molar-refractivity contribution in [1.29, 1.82) is 0 Å². The Morgan fingerprint density at radius 3 is 2.75 bits per heavy atom. The number of carbonyl (C=O) groups excluding carboxylic acids is 1. The van der Waals surface area contributed by atoms with Gasteiger partial charge in [-0.2, -0.15) is 0 Å². The summed E-state index contributed by atoms with van der Waals surface area (Å²) in [5, 5.41) is 2.07. The van der Waals surface area contributed by atoms with Crippen molar-refractivity contribution in [3.8, 4) is 0 Å². The van der Waals surface area contributed by atoms with Crippen molar-refractivity contribution in [2.75, 3.05) is 14.2 Å². The van der Waals surface area contributed by atoms with Crippen molar-refractivity contribution >= 4 is 17.3 Å². The predicted octanol–water partition coefficient (Wildman–Crippen LogP) is 2.69. The predicted molar refractivity (Wildman–Crippen MR) is 66.6 cm³/mol. The van der Waals surface area contributed by atoms with Crippen LogP contribution in [0.1, 0.15) is 31.2 Å². The Morgan fingerprint density at radius 1 is 1.56 bits per heavy atom. The molecule has 0 N–H and O–H groups in total. The van der Waals surface area contributed by atoms with Crippen LogP contribution in [0.3, 0.4) is 0 Å². The summed E-state index contributed by atoms with van der Waals surface area (Å²) >= 11 is 1.74. The molecule has 1 heterocycles. The van der Waals surface area contributed by atoms with Crippen LogP contribution < -0.4 is 0 Å². The molecule has 0 radical (unpaired) electrons. The second-order valence-corrected chi connectivity index (χ2v) is 4.97. The highest BCUT2D eigenvalue weighted by Crippen LogP contribution is 2.25. The lowest BCUT2D eigenvalue weighted by Crippen LogP contribution is -2.33. The molecule has 1 aromatic heterocycles.